The van der Waals surface area contributed by atoms with Gasteiger partial charge < -0.3 is 5.32 Å². The highest BCUT2D eigenvalue weighted by Gasteiger charge is 2.06. The second kappa shape index (κ2) is 5.89. The molecule has 1 N–H and O–H groups in total. The first-order chi connectivity index (χ1) is 8.29. The molecule has 0 saturated carbocycles. The van der Waals surface area contributed by atoms with Gasteiger partial charge >= 0.3 is 0 Å². The van der Waals surface area contributed by atoms with Crippen molar-refractivity contribution in [3.8, 4) is 0 Å². The topological polar surface area (TPSA) is 37.8 Å². The van der Waals surface area contributed by atoms with Crippen molar-refractivity contribution >= 4 is 11.3 Å². The molecule has 2 aromatic rings. The van der Waals surface area contributed by atoms with E-state index in [1.165, 1.54) is 5.01 Å². The molecule has 0 aliphatic rings. The van der Waals surface area contributed by atoms with Gasteiger partial charge in [0, 0.05) is 24.2 Å². The average Bonchev–Trinajstić information content (AvgIpc) is 2.85. The number of nitrogens with zero attached hydrogens (tertiary/aromatic N) is 2. The molecule has 17 heavy (non-hydrogen) atoms. The summed E-state index contributed by atoms with van der Waals surface area (Å²) in [6, 6.07) is 6.24. The number of pyridine rings is 1. The van der Waals surface area contributed by atoms with Gasteiger partial charge in [-0.2, -0.15) is 0 Å². The zero-order valence-electron chi connectivity index (χ0n) is 10.2. The third-order valence-electron chi connectivity index (χ3n) is 2.62. The van der Waals surface area contributed by atoms with Crippen LogP contribution in [-0.2, 0) is 13.0 Å². The molecule has 2 rings (SSSR count). The number of nitrogens with one attached hydrogen (secondary N) is 1. The van der Waals surface area contributed by atoms with Crippen molar-refractivity contribution in [3.63, 3.8) is 0 Å². The summed E-state index contributed by atoms with van der Waals surface area (Å²) in [4.78, 5) is 8.86. The molecule has 0 aliphatic heterocycles. The minimum Gasteiger partial charge on any atom is -0.303 e. The van der Waals surface area contributed by atoms with Gasteiger partial charge in [-0.25, -0.2) is 4.98 Å². The largest absolute Gasteiger partial charge is 0.303 e. The molecule has 0 saturated heterocycles. The Labute approximate surface area is 106 Å². The quantitative estimate of drug-likeness (QED) is 0.882. The Bertz CT molecular complexity index is 453. The first kappa shape index (κ1) is 12.2. The highest BCUT2D eigenvalue weighted by atomic mass is 32.1. The van der Waals surface area contributed by atoms with Crippen LogP contribution in [0.2, 0.25) is 0 Å². The summed E-state index contributed by atoms with van der Waals surface area (Å²) in [5.41, 5.74) is 2.19. The number of hydrogen-bond acceptors (Lipinski definition) is 4. The van der Waals surface area contributed by atoms with E-state index in [9.17, 15) is 0 Å². The summed E-state index contributed by atoms with van der Waals surface area (Å²) >= 11 is 1.73. The normalized spacial score (nSPS) is 12.6. The van der Waals surface area contributed by atoms with Crippen LogP contribution in [0.15, 0.2) is 29.8 Å². The fourth-order valence-electron chi connectivity index (χ4n) is 1.59. The van der Waals surface area contributed by atoms with E-state index in [0.29, 0.717) is 0 Å². The highest BCUT2D eigenvalue weighted by Crippen LogP contribution is 2.12. The van der Waals surface area contributed by atoms with E-state index in [1.54, 1.807) is 11.3 Å². The third kappa shape index (κ3) is 3.35. The van der Waals surface area contributed by atoms with Crippen LogP contribution in [0.4, 0.5) is 0 Å². The van der Waals surface area contributed by atoms with Crippen molar-refractivity contribution in [1.82, 2.24) is 15.3 Å². The predicted molar refractivity (Wildman–Crippen MR) is 71.0 cm³/mol. The molecule has 2 aromatic heterocycles. The minimum absolute atomic E-state index is 0.253. The molecule has 0 fully saturated rings. The van der Waals surface area contributed by atoms with Gasteiger partial charge in [-0.15, -0.1) is 11.3 Å². The Kier molecular flexibility index (Phi) is 4.23. The monoisotopic (exact) mass is 247 g/mol. The maximum Gasteiger partial charge on any atom is 0.0926 e. The lowest BCUT2D eigenvalue weighted by atomic mass is 10.2. The maximum absolute atomic E-state index is 4.53. The zero-order valence-corrected chi connectivity index (χ0v) is 11.0. The predicted octanol–water partition coefficient (Wildman–Crippen LogP) is 2.95. The molecule has 2 heterocycles. The molecule has 3 nitrogen and oxygen atoms in total. The van der Waals surface area contributed by atoms with Crippen LogP contribution in [-0.4, -0.2) is 9.97 Å². The van der Waals surface area contributed by atoms with Crippen LogP contribution >= 0.6 is 11.3 Å². The summed E-state index contributed by atoms with van der Waals surface area (Å²) in [5.74, 6) is 0. The number of thiazole rings is 1. The van der Waals surface area contributed by atoms with Crippen LogP contribution in [0.3, 0.4) is 0 Å². The summed E-state index contributed by atoms with van der Waals surface area (Å²) in [7, 11) is 0. The van der Waals surface area contributed by atoms with E-state index in [2.05, 4.69) is 34.5 Å². The first-order valence-electron chi connectivity index (χ1n) is 5.87. The number of rotatable bonds is 5. The van der Waals surface area contributed by atoms with Crippen LogP contribution in [0, 0.1) is 0 Å². The summed E-state index contributed by atoms with van der Waals surface area (Å²) in [6.07, 6.45) is 2.84. The molecule has 4 heteroatoms. The van der Waals surface area contributed by atoms with Crippen LogP contribution in [0.25, 0.3) is 0 Å². The fourth-order valence-corrected chi connectivity index (χ4v) is 2.33. The van der Waals surface area contributed by atoms with Crippen molar-refractivity contribution in [2.75, 3.05) is 0 Å². The highest BCUT2D eigenvalue weighted by molar-refractivity contribution is 7.09. The fraction of sp³-hybridized carbons (Fsp3) is 0.385. The number of aryl methyl sites for hydroxylation is 1. The van der Waals surface area contributed by atoms with E-state index < -0.39 is 0 Å². The van der Waals surface area contributed by atoms with Gasteiger partial charge in [0.2, 0.25) is 0 Å². The third-order valence-corrected chi connectivity index (χ3v) is 3.66. The molecule has 0 bridgehead atoms. The molecule has 0 unspecified atom stereocenters. The van der Waals surface area contributed by atoms with Gasteiger partial charge in [0.15, 0.2) is 0 Å². The lowest BCUT2D eigenvalue weighted by Crippen LogP contribution is -2.19. The first-order valence-corrected chi connectivity index (χ1v) is 6.75. The van der Waals surface area contributed by atoms with Gasteiger partial charge in [-0.3, -0.25) is 4.98 Å². The summed E-state index contributed by atoms with van der Waals surface area (Å²) in [6.45, 7) is 5.05. The average molecular weight is 247 g/mol. The molecular formula is C13H17N3S. The van der Waals surface area contributed by atoms with Gasteiger partial charge in [0.1, 0.15) is 0 Å². The standard InChI is InChI=1S/C13H17N3S/c1-3-13-16-11(9-17-13)8-15-10(2)12-6-4-5-7-14-12/h4-7,9-10,15H,3,8H2,1-2H3/t10-/m0/s1. The van der Waals surface area contributed by atoms with Gasteiger partial charge in [0.05, 0.1) is 16.4 Å². The van der Waals surface area contributed by atoms with E-state index in [1.807, 2.05) is 24.4 Å². The molecule has 0 aliphatic carbocycles. The van der Waals surface area contributed by atoms with Crippen molar-refractivity contribution in [1.29, 1.82) is 0 Å². The lowest BCUT2D eigenvalue weighted by molar-refractivity contribution is 0.556. The van der Waals surface area contributed by atoms with E-state index >= 15 is 0 Å². The molecule has 90 valence electrons. The Hall–Kier alpha value is -1.26. The summed E-state index contributed by atoms with van der Waals surface area (Å²) < 4.78 is 0. The smallest absolute Gasteiger partial charge is 0.0926 e. The van der Waals surface area contributed by atoms with E-state index in [4.69, 9.17) is 0 Å². The SMILES string of the molecule is CCc1nc(CN[C@@H](C)c2ccccn2)cs1. The Morgan fingerprint density at radius 2 is 2.29 bits per heavy atom. The van der Waals surface area contributed by atoms with Gasteiger partial charge in [0.25, 0.3) is 0 Å². The Balaban J connectivity index is 1.90. The Morgan fingerprint density at radius 1 is 1.41 bits per heavy atom. The van der Waals surface area contributed by atoms with Crippen molar-refractivity contribution in [2.24, 2.45) is 0 Å². The van der Waals surface area contributed by atoms with Crippen LogP contribution in [0.1, 0.15) is 36.3 Å². The zero-order chi connectivity index (χ0) is 12.1. The van der Waals surface area contributed by atoms with Gasteiger partial charge in [-0.1, -0.05) is 13.0 Å². The molecule has 0 radical (unpaired) electrons. The Morgan fingerprint density at radius 3 is 2.94 bits per heavy atom. The van der Waals surface area contributed by atoms with E-state index in [-0.39, 0.29) is 6.04 Å². The van der Waals surface area contributed by atoms with Crippen molar-refractivity contribution in [2.45, 2.75) is 32.9 Å². The second-order valence-electron chi connectivity index (χ2n) is 3.94. The number of hydrogen-bond donors (Lipinski definition) is 1. The molecular weight excluding hydrogens is 230 g/mol. The maximum atomic E-state index is 4.53. The lowest BCUT2D eigenvalue weighted by Gasteiger charge is -2.11. The molecule has 0 spiro atoms. The second-order valence-corrected chi connectivity index (χ2v) is 4.89. The minimum atomic E-state index is 0.253. The molecule has 0 amide bonds. The van der Waals surface area contributed by atoms with E-state index in [0.717, 1.165) is 24.4 Å². The van der Waals surface area contributed by atoms with Crippen molar-refractivity contribution < 1.29 is 0 Å². The van der Waals surface area contributed by atoms with Gasteiger partial charge in [-0.05, 0) is 25.5 Å². The van der Waals surface area contributed by atoms with Crippen LogP contribution < -0.4 is 5.32 Å². The van der Waals surface area contributed by atoms with Crippen LogP contribution in [0.5, 0.6) is 0 Å². The van der Waals surface area contributed by atoms with Crippen molar-refractivity contribution in [3.05, 3.63) is 46.2 Å². The number of aromatic nitrogens is 2. The summed E-state index contributed by atoms with van der Waals surface area (Å²) in [5, 5.41) is 6.76. The molecule has 0 aromatic carbocycles. The molecule has 1 atom stereocenters.